The molecule has 0 radical (unpaired) electrons. The molecule has 0 saturated heterocycles. The van der Waals surface area contributed by atoms with Crippen LogP contribution in [-0.2, 0) is 11.5 Å². The Morgan fingerprint density at radius 3 is 1.42 bits per heavy atom. The smallest absolute Gasteiger partial charge is 0.157 e. The molecule has 43 heavy (non-hydrogen) atoms. The fourth-order valence-electron chi connectivity index (χ4n) is 6.99. The van der Waals surface area contributed by atoms with E-state index in [2.05, 4.69) is 44.8 Å². The molecule has 2 N–H and O–H groups in total. The molecule has 4 fully saturated rings. The standard InChI is InChI=1S/C34H53BrN4S2.2BrH/c35-28-22-21-26(24-40-33(36-29-13-5-1-6-14-29)37-30-15-7-2-8-16-30)27(23-28)25-41-34(38-31-17-9-3-10-18-31)39-32-19-11-4-12-20-32;;/h21-23,29-32H,1-20,24-25H2,(H,36,37)(H,38,39);2*1H. The second kappa shape index (κ2) is 21.2. The van der Waals surface area contributed by atoms with Gasteiger partial charge in [0.05, 0.1) is 12.1 Å². The fraction of sp³-hybridized carbons (Fsp3) is 0.765. The molecule has 244 valence electrons. The van der Waals surface area contributed by atoms with Crippen molar-refractivity contribution in [3.05, 3.63) is 33.8 Å². The monoisotopic (exact) mass is 820 g/mol. The molecule has 0 heterocycles. The lowest BCUT2D eigenvalue weighted by molar-refractivity contribution is 0.410. The quantitative estimate of drug-likeness (QED) is 0.203. The number of amidine groups is 2. The van der Waals surface area contributed by atoms with Gasteiger partial charge in [-0.05, 0) is 74.6 Å². The van der Waals surface area contributed by atoms with Gasteiger partial charge in [0.2, 0.25) is 0 Å². The van der Waals surface area contributed by atoms with Gasteiger partial charge in [-0.2, -0.15) is 0 Å². The Hall–Kier alpha value is 0.300. The molecule has 1 aromatic carbocycles. The maximum atomic E-state index is 5.32. The van der Waals surface area contributed by atoms with Gasteiger partial charge in [0.25, 0.3) is 0 Å². The molecule has 0 aromatic heterocycles. The van der Waals surface area contributed by atoms with Gasteiger partial charge in [-0.3, -0.25) is 9.98 Å². The summed E-state index contributed by atoms with van der Waals surface area (Å²) in [5.41, 5.74) is 2.86. The van der Waals surface area contributed by atoms with E-state index < -0.39 is 0 Å². The minimum absolute atomic E-state index is 0. The Morgan fingerprint density at radius 1 is 0.581 bits per heavy atom. The van der Waals surface area contributed by atoms with Crippen molar-refractivity contribution in [2.75, 3.05) is 0 Å². The molecular weight excluding hydrogens is 768 g/mol. The number of benzene rings is 1. The molecule has 0 spiro atoms. The van der Waals surface area contributed by atoms with Crippen molar-refractivity contribution >= 4 is 83.8 Å². The van der Waals surface area contributed by atoms with Crippen molar-refractivity contribution in [2.45, 2.75) is 164 Å². The Morgan fingerprint density at radius 2 is 0.977 bits per heavy atom. The van der Waals surface area contributed by atoms with E-state index in [1.807, 2.05) is 23.5 Å². The van der Waals surface area contributed by atoms with Crippen LogP contribution in [0.4, 0.5) is 0 Å². The predicted octanol–water partition coefficient (Wildman–Crippen LogP) is 11.3. The van der Waals surface area contributed by atoms with Crippen LogP contribution in [0.15, 0.2) is 32.7 Å². The van der Waals surface area contributed by atoms with Crippen LogP contribution in [-0.4, -0.2) is 34.5 Å². The molecule has 0 bridgehead atoms. The lowest BCUT2D eigenvalue weighted by atomic mass is 9.95. The summed E-state index contributed by atoms with van der Waals surface area (Å²) in [6, 6.07) is 9.10. The van der Waals surface area contributed by atoms with Crippen LogP contribution < -0.4 is 10.6 Å². The van der Waals surface area contributed by atoms with Gasteiger partial charge in [-0.1, -0.05) is 123 Å². The van der Waals surface area contributed by atoms with E-state index in [0.29, 0.717) is 24.2 Å². The van der Waals surface area contributed by atoms with E-state index in [1.165, 1.54) is 154 Å². The van der Waals surface area contributed by atoms with Gasteiger partial charge >= 0.3 is 0 Å². The summed E-state index contributed by atoms with van der Waals surface area (Å²) < 4.78 is 1.17. The highest BCUT2D eigenvalue weighted by Gasteiger charge is 2.21. The van der Waals surface area contributed by atoms with E-state index in [4.69, 9.17) is 9.98 Å². The first-order chi connectivity index (χ1) is 20.2. The van der Waals surface area contributed by atoms with E-state index in [1.54, 1.807) is 0 Å². The highest BCUT2D eigenvalue weighted by Crippen LogP contribution is 2.29. The number of hydrogen-bond donors (Lipinski definition) is 2. The predicted molar refractivity (Wildman–Crippen MR) is 206 cm³/mol. The lowest BCUT2D eigenvalue weighted by Gasteiger charge is -2.26. The highest BCUT2D eigenvalue weighted by atomic mass is 79.9. The summed E-state index contributed by atoms with van der Waals surface area (Å²) in [4.78, 5) is 10.6. The second-order valence-corrected chi connectivity index (χ2v) is 15.7. The minimum atomic E-state index is 0. The Kier molecular flexibility index (Phi) is 18.6. The molecule has 0 aliphatic heterocycles. The maximum absolute atomic E-state index is 5.32. The third kappa shape index (κ3) is 13.5. The van der Waals surface area contributed by atoms with E-state index in [9.17, 15) is 0 Å². The number of hydrogen-bond acceptors (Lipinski definition) is 4. The van der Waals surface area contributed by atoms with Crippen LogP contribution >= 0.6 is 73.4 Å². The SMILES string of the molecule is Br.Br.Brc1ccc(CS/C(=N/C2CCCCC2)NC2CCCCC2)c(CSC(=NC2CCCCC2)NC2CCCCC2)c1. The van der Waals surface area contributed by atoms with Crippen molar-refractivity contribution in [3.8, 4) is 0 Å². The molecule has 5 rings (SSSR count). The number of halogens is 3. The largest absolute Gasteiger partial charge is 0.362 e. The van der Waals surface area contributed by atoms with Gasteiger partial charge in [-0.25, -0.2) is 0 Å². The number of aliphatic imine (C=N–C) groups is 2. The molecule has 1 aromatic rings. The first-order valence-electron chi connectivity index (χ1n) is 16.9. The summed E-state index contributed by atoms with van der Waals surface area (Å²) in [6.07, 6.45) is 26.5. The average molecular weight is 824 g/mol. The number of nitrogens with one attached hydrogen (secondary N) is 2. The van der Waals surface area contributed by atoms with Crippen molar-refractivity contribution in [1.29, 1.82) is 0 Å². The maximum Gasteiger partial charge on any atom is 0.157 e. The molecule has 0 amide bonds. The van der Waals surface area contributed by atoms with Gasteiger partial charge in [0.15, 0.2) is 10.3 Å². The zero-order valence-corrected chi connectivity index (χ0v) is 32.6. The molecule has 4 nitrogen and oxygen atoms in total. The van der Waals surface area contributed by atoms with Crippen LogP contribution in [0.25, 0.3) is 0 Å². The topological polar surface area (TPSA) is 48.8 Å². The third-order valence-electron chi connectivity index (χ3n) is 9.51. The van der Waals surface area contributed by atoms with Crippen molar-refractivity contribution in [2.24, 2.45) is 9.98 Å². The summed E-state index contributed by atoms with van der Waals surface area (Å²) in [5, 5.41) is 10.2. The number of rotatable bonds is 8. The van der Waals surface area contributed by atoms with Gasteiger partial charge in [0.1, 0.15) is 0 Å². The Labute approximate surface area is 300 Å². The molecule has 0 atom stereocenters. The zero-order chi connectivity index (χ0) is 28.1. The second-order valence-electron chi connectivity index (χ2n) is 12.9. The number of nitrogens with zero attached hydrogens (tertiary/aromatic N) is 2. The van der Waals surface area contributed by atoms with Crippen LogP contribution in [0.1, 0.15) is 140 Å². The summed E-state index contributed by atoms with van der Waals surface area (Å²) >= 11 is 7.66. The van der Waals surface area contributed by atoms with Gasteiger partial charge < -0.3 is 10.6 Å². The van der Waals surface area contributed by atoms with E-state index >= 15 is 0 Å². The Bertz CT molecular complexity index is 984. The summed E-state index contributed by atoms with van der Waals surface area (Å²) in [5.74, 6) is 1.94. The van der Waals surface area contributed by atoms with E-state index in [0.717, 1.165) is 11.5 Å². The average Bonchev–Trinajstić information content (AvgIpc) is 3.01. The van der Waals surface area contributed by atoms with Crippen LogP contribution in [0.2, 0.25) is 0 Å². The first kappa shape index (κ1) is 37.8. The molecule has 0 unspecified atom stereocenters. The highest BCUT2D eigenvalue weighted by molar-refractivity contribution is 9.10. The molecule has 4 aliphatic rings. The van der Waals surface area contributed by atoms with Gasteiger partial charge in [-0.15, -0.1) is 34.0 Å². The van der Waals surface area contributed by atoms with Crippen molar-refractivity contribution < 1.29 is 0 Å². The minimum Gasteiger partial charge on any atom is -0.362 e. The van der Waals surface area contributed by atoms with Crippen LogP contribution in [0.5, 0.6) is 0 Å². The summed E-state index contributed by atoms with van der Waals surface area (Å²) in [6.45, 7) is 0. The summed E-state index contributed by atoms with van der Waals surface area (Å²) in [7, 11) is 0. The molecular formula is C34H55Br3N4S2. The molecule has 4 aliphatic carbocycles. The molecule has 9 heteroatoms. The Balaban J connectivity index is 0.00000253. The lowest BCUT2D eigenvalue weighted by Crippen LogP contribution is -2.35. The van der Waals surface area contributed by atoms with Crippen LogP contribution in [0, 0.1) is 0 Å². The normalized spacial score (nSPS) is 22.0. The van der Waals surface area contributed by atoms with Crippen molar-refractivity contribution in [3.63, 3.8) is 0 Å². The van der Waals surface area contributed by atoms with Gasteiger partial charge in [0, 0.05) is 28.1 Å². The third-order valence-corrected chi connectivity index (χ3v) is 11.9. The van der Waals surface area contributed by atoms with Crippen LogP contribution in [0.3, 0.4) is 0 Å². The van der Waals surface area contributed by atoms with E-state index in [-0.39, 0.29) is 34.0 Å². The van der Waals surface area contributed by atoms with Crippen molar-refractivity contribution in [1.82, 2.24) is 10.6 Å². The zero-order valence-electron chi connectivity index (χ0n) is 26.0. The molecule has 4 saturated carbocycles. The number of thioether (sulfide) groups is 2. The fourth-order valence-corrected chi connectivity index (χ4v) is 9.48. The first-order valence-corrected chi connectivity index (χ1v) is 19.7.